The molecule has 3 rings (SSSR count). The van der Waals surface area contributed by atoms with Crippen molar-refractivity contribution in [2.45, 2.75) is 51.1 Å². The van der Waals surface area contributed by atoms with E-state index >= 15 is 0 Å². The molecule has 2 bridgehead atoms. The van der Waals surface area contributed by atoms with Crippen LogP contribution in [0, 0.1) is 11.8 Å². The maximum Gasteiger partial charge on any atom is 0.0128 e. The van der Waals surface area contributed by atoms with E-state index in [0.717, 1.165) is 23.9 Å². The molecule has 1 nitrogen and oxygen atoms in total. The molecule has 1 saturated carbocycles. The Morgan fingerprint density at radius 3 is 2.92 bits per heavy atom. The molecule has 0 aromatic heterocycles. The number of hydrogen-bond donors (Lipinski definition) is 0. The third kappa shape index (κ3) is 0.834. The molecular weight excluding hydrogens is 146 g/mol. The van der Waals surface area contributed by atoms with Crippen LogP contribution < -0.4 is 0 Å². The van der Waals surface area contributed by atoms with Gasteiger partial charge in [-0.25, -0.2) is 0 Å². The summed E-state index contributed by atoms with van der Waals surface area (Å²) in [5, 5.41) is 0. The van der Waals surface area contributed by atoms with Crippen molar-refractivity contribution in [3.63, 3.8) is 0 Å². The highest BCUT2D eigenvalue weighted by Gasteiger charge is 2.47. The highest BCUT2D eigenvalue weighted by atomic mass is 15.2. The zero-order chi connectivity index (χ0) is 8.13. The van der Waals surface area contributed by atoms with Crippen molar-refractivity contribution in [3.05, 3.63) is 0 Å². The second-order valence-electron chi connectivity index (χ2n) is 5.07. The first-order valence-electron chi connectivity index (χ1n) is 5.62. The lowest BCUT2D eigenvalue weighted by atomic mass is 9.80. The molecule has 4 atom stereocenters. The third-order valence-electron chi connectivity index (χ3n) is 4.51. The van der Waals surface area contributed by atoms with Crippen LogP contribution in [0.15, 0.2) is 0 Å². The van der Waals surface area contributed by atoms with Gasteiger partial charge in [-0.15, -0.1) is 0 Å². The van der Waals surface area contributed by atoms with Gasteiger partial charge in [-0.1, -0.05) is 6.92 Å². The van der Waals surface area contributed by atoms with Crippen LogP contribution in [0.3, 0.4) is 0 Å². The normalized spacial score (nSPS) is 52.8. The summed E-state index contributed by atoms with van der Waals surface area (Å²) in [6.07, 6.45) is 7.55. The van der Waals surface area contributed by atoms with E-state index in [1.54, 1.807) is 0 Å². The molecular formula is C11H19N. The van der Waals surface area contributed by atoms with Crippen LogP contribution in [0.2, 0.25) is 0 Å². The molecule has 0 spiro atoms. The highest BCUT2D eigenvalue weighted by Crippen LogP contribution is 2.46. The first-order chi connectivity index (χ1) is 5.86. The molecule has 3 aliphatic rings. The topological polar surface area (TPSA) is 3.24 Å². The minimum atomic E-state index is 0.983. The summed E-state index contributed by atoms with van der Waals surface area (Å²) in [5.41, 5.74) is 0. The van der Waals surface area contributed by atoms with E-state index in [9.17, 15) is 0 Å². The molecule has 2 saturated heterocycles. The Bertz CT molecular complexity index is 189. The van der Waals surface area contributed by atoms with Crippen LogP contribution in [-0.4, -0.2) is 23.5 Å². The predicted molar refractivity (Wildman–Crippen MR) is 50.0 cm³/mol. The van der Waals surface area contributed by atoms with Crippen molar-refractivity contribution < 1.29 is 0 Å². The fourth-order valence-electron chi connectivity index (χ4n) is 3.87. The molecule has 3 fully saturated rings. The van der Waals surface area contributed by atoms with Crippen molar-refractivity contribution in [1.29, 1.82) is 0 Å². The van der Waals surface area contributed by atoms with Gasteiger partial charge in [-0.05, 0) is 50.5 Å². The lowest BCUT2D eigenvalue weighted by Gasteiger charge is -2.29. The number of rotatable bonds is 0. The molecule has 1 heteroatoms. The van der Waals surface area contributed by atoms with Crippen LogP contribution in [0.5, 0.6) is 0 Å². The second kappa shape index (κ2) is 2.47. The SMILES string of the molecule is CC1CCC2CC1N1CCCC21. The Morgan fingerprint density at radius 2 is 2.00 bits per heavy atom. The summed E-state index contributed by atoms with van der Waals surface area (Å²) in [4.78, 5) is 2.84. The van der Waals surface area contributed by atoms with Gasteiger partial charge in [0.05, 0.1) is 0 Å². The molecule has 2 aliphatic heterocycles. The van der Waals surface area contributed by atoms with Gasteiger partial charge in [0.2, 0.25) is 0 Å². The van der Waals surface area contributed by atoms with Crippen LogP contribution in [-0.2, 0) is 0 Å². The van der Waals surface area contributed by atoms with Crippen LogP contribution in [0.4, 0.5) is 0 Å². The summed E-state index contributed by atoms with van der Waals surface area (Å²) in [7, 11) is 0. The lowest BCUT2D eigenvalue weighted by Crippen LogP contribution is -2.34. The maximum atomic E-state index is 2.84. The Kier molecular flexibility index (Phi) is 1.52. The fraction of sp³-hybridized carbons (Fsp3) is 1.00. The van der Waals surface area contributed by atoms with E-state index in [1.165, 1.54) is 38.6 Å². The average molecular weight is 165 g/mol. The van der Waals surface area contributed by atoms with Crippen LogP contribution >= 0.6 is 0 Å². The zero-order valence-electron chi connectivity index (χ0n) is 8.00. The third-order valence-corrected chi connectivity index (χ3v) is 4.51. The standard InChI is InChI=1S/C11H19N/c1-8-4-5-9-7-11(8)12-6-2-3-10(9)12/h8-11H,2-7H2,1H3. The monoisotopic (exact) mass is 165 g/mol. The minimum absolute atomic E-state index is 0.983. The quantitative estimate of drug-likeness (QED) is 0.532. The van der Waals surface area contributed by atoms with E-state index < -0.39 is 0 Å². The van der Waals surface area contributed by atoms with Crippen molar-refractivity contribution in [2.24, 2.45) is 11.8 Å². The van der Waals surface area contributed by atoms with E-state index in [2.05, 4.69) is 11.8 Å². The van der Waals surface area contributed by atoms with Crippen LogP contribution in [0.25, 0.3) is 0 Å². The van der Waals surface area contributed by atoms with Gasteiger partial charge >= 0.3 is 0 Å². The molecule has 0 N–H and O–H groups in total. The lowest BCUT2D eigenvalue weighted by molar-refractivity contribution is 0.193. The molecule has 2 heterocycles. The van der Waals surface area contributed by atoms with Gasteiger partial charge in [0, 0.05) is 12.1 Å². The van der Waals surface area contributed by atoms with E-state index in [1.807, 2.05) is 0 Å². The summed E-state index contributed by atoms with van der Waals surface area (Å²) in [5.74, 6) is 2.08. The largest absolute Gasteiger partial charge is 0.297 e. The Balaban J connectivity index is 1.88. The summed E-state index contributed by atoms with van der Waals surface area (Å²) in [6, 6.07) is 2.00. The highest BCUT2D eigenvalue weighted by molar-refractivity contribution is 5.01. The van der Waals surface area contributed by atoms with E-state index in [4.69, 9.17) is 0 Å². The van der Waals surface area contributed by atoms with Crippen molar-refractivity contribution >= 4 is 0 Å². The van der Waals surface area contributed by atoms with Crippen molar-refractivity contribution in [2.75, 3.05) is 6.54 Å². The molecule has 0 amide bonds. The Labute approximate surface area is 75.1 Å². The number of fused-ring (bicyclic) bond motifs is 5. The second-order valence-corrected chi connectivity index (χ2v) is 5.07. The summed E-state index contributed by atoms with van der Waals surface area (Å²) in [6.45, 7) is 3.87. The summed E-state index contributed by atoms with van der Waals surface area (Å²) < 4.78 is 0. The molecule has 0 radical (unpaired) electrons. The Morgan fingerprint density at radius 1 is 1.08 bits per heavy atom. The Hall–Kier alpha value is -0.0400. The van der Waals surface area contributed by atoms with Gasteiger partial charge in [0.1, 0.15) is 0 Å². The molecule has 0 aromatic rings. The summed E-state index contributed by atoms with van der Waals surface area (Å²) >= 11 is 0. The predicted octanol–water partition coefficient (Wildman–Crippen LogP) is 2.27. The van der Waals surface area contributed by atoms with E-state index in [0.29, 0.717) is 0 Å². The minimum Gasteiger partial charge on any atom is -0.297 e. The first-order valence-corrected chi connectivity index (χ1v) is 5.62. The first kappa shape index (κ1) is 7.37. The maximum absolute atomic E-state index is 2.84. The molecule has 0 aromatic carbocycles. The molecule has 12 heavy (non-hydrogen) atoms. The van der Waals surface area contributed by atoms with Gasteiger partial charge in [-0.2, -0.15) is 0 Å². The van der Waals surface area contributed by atoms with Gasteiger partial charge in [0.15, 0.2) is 0 Å². The smallest absolute Gasteiger partial charge is 0.0128 e. The molecule has 1 aliphatic carbocycles. The van der Waals surface area contributed by atoms with E-state index in [-0.39, 0.29) is 0 Å². The number of hydrogen-bond acceptors (Lipinski definition) is 1. The van der Waals surface area contributed by atoms with Crippen molar-refractivity contribution in [1.82, 2.24) is 4.90 Å². The number of nitrogens with zero attached hydrogens (tertiary/aromatic N) is 1. The van der Waals surface area contributed by atoms with Crippen LogP contribution in [0.1, 0.15) is 39.0 Å². The van der Waals surface area contributed by atoms with Gasteiger partial charge in [0.25, 0.3) is 0 Å². The molecule has 4 unspecified atom stereocenters. The average Bonchev–Trinajstić information content (AvgIpc) is 2.59. The zero-order valence-corrected chi connectivity index (χ0v) is 8.00. The fourth-order valence-corrected chi connectivity index (χ4v) is 3.87. The van der Waals surface area contributed by atoms with Crippen molar-refractivity contribution in [3.8, 4) is 0 Å². The van der Waals surface area contributed by atoms with Gasteiger partial charge < -0.3 is 0 Å². The molecule has 68 valence electrons. The van der Waals surface area contributed by atoms with Gasteiger partial charge in [-0.3, -0.25) is 4.90 Å².